The van der Waals surface area contributed by atoms with Crippen molar-refractivity contribution < 1.29 is 9.53 Å². The predicted molar refractivity (Wildman–Crippen MR) is 143 cm³/mol. The maximum Gasteiger partial charge on any atom is 0.233 e. The van der Waals surface area contributed by atoms with Crippen LogP contribution in [-0.2, 0) is 11.2 Å². The molecule has 1 aliphatic carbocycles. The largest absolute Gasteiger partial charge is 0.492 e. The summed E-state index contributed by atoms with van der Waals surface area (Å²) in [7, 11) is 0. The summed E-state index contributed by atoms with van der Waals surface area (Å²) in [6.45, 7) is 5.76. The number of amides is 1. The van der Waals surface area contributed by atoms with Gasteiger partial charge < -0.3 is 15.0 Å². The van der Waals surface area contributed by atoms with Crippen LogP contribution >= 0.6 is 11.3 Å². The van der Waals surface area contributed by atoms with E-state index in [1.807, 2.05) is 52.9 Å². The summed E-state index contributed by atoms with van der Waals surface area (Å²) in [5.74, 6) is 0.898. The second kappa shape index (κ2) is 10.4. The van der Waals surface area contributed by atoms with Crippen molar-refractivity contribution in [2.45, 2.75) is 25.3 Å². The number of piperazine rings is 1. The first kappa shape index (κ1) is 23.1. The van der Waals surface area contributed by atoms with Gasteiger partial charge in [0.25, 0.3) is 0 Å². The summed E-state index contributed by atoms with van der Waals surface area (Å²) in [4.78, 5) is 30.2. The van der Waals surface area contributed by atoms with E-state index in [0.29, 0.717) is 13.0 Å². The fourth-order valence-corrected chi connectivity index (χ4v) is 5.61. The smallest absolute Gasteiger partial charge is 0.233 e. The van der Waals surface area contributed by atoms with Gasteiger partial charge in [-0.05, 0) is 42.7 Å². The molecule has 0 spiro atoms. The van der Waals surface area contributed by atoms with E-state index < -0.39 is 0 Å². The molecule has 186 valence electrons. The third-order valence-corrected chi connectivity index (χ3v) is 7.59. The van der Waals surface area contributed by atoms with Crippen molar-refractivity contribution in [3.63, 3.8) is 0 Å². The summed E-state index contributed by atoms with van der Waals surface area (Å²) in [5.41, 5.74) is 3.68. The number of H-pyrrole nitrogens is 1. The molecule has 1 amide bonds. The number of aromatic nitrogens is 3. The average molecular weight is 503 g/mol. The van der Waals surface area contributed by atoms with Crippen LogP contribution in [0, 0.1) is 0 Å². The summed E-state index contributed by atoms with van der Waals surface area (Å²) < 4.78 is 6.01. The molecule has 6 rings (SSSR count). The molecule has 0 bridgehead atoms. The molecule has 1 saturated heterocycles. The monoisotopic (exact) mass is 502 g/mol. The molecule has 9 heteroatoms. The number of thiazole rings is 1. The number of benzene rings is 1. The zero-order valence-corrected chi connectivity index (χ0v) is 21.0. The summed E-state index contributed by atoms with van der Waals surface area (Å²) in [6, 6.07) is 12.1. The fraction of sp³-hybridized carbons (Fsp3) is 0.370. The number of pyridine rings is 1. The molecule has 2 fully saturated rings. The molecule has 2 N–H and O–H groups in total. The van der Waals surface area contributed by atoms with Crippen LogP contribution < -0.4 is 15.0 Å². The molecule has 0 unspecified atom stereocenters. The van der Waals surface area contributed by atoms with Gasteiger partial charge in [0.2, 0.25) is 5.91 Å². The molecule has 0 atom stereocenters. The Morgan fingerprint density at radius 2 is 2.08 bits per heavy atom. The highest BCUT2D eigenvalue weighted by Gasteiger charge is 2.35. The predicted octanol–water partition coefficient (Wildman–Crippen LogP) is 3.71. The summed E-state index contributed by atoms with van der Waals surface area (Å²) in [6.07, 6.45) is 6.08. The maximum absolute atomic E-state index is 13.5. The number of hydrogen-bond donors (Lipinski definition) is 2. The van der Waals surface area contributed by atoms with Gasteiger partial charge in [-0.15, -0.1) is 11.3 Å². The first-order chi connectivity index (χ1) is 17.7. The molecule has 8 nitrogen and oxygen atoms in total. The quantitative estimate of drug-likeness (QED) is 0.363. The topological polar surface area (TPSA) is 86.4 Å². The van der Waals surface area contributed by atoms with Crippen LogP contribution in [0.2, 0.25) is 0 Å². The molecular formula is C27H30N6O2S. The Morgan fingerprint density at radius 3 is 2.94 bits per heavy atom. The Morgan fingerprint density at radius 1 is 1.19 bits per heavy atom. The van der Waals surface area contributed by atoms with E-state index in [0.717, 1.165) is 84.3 Å². The van der Waals surface area contributed by atoms with E-state index in [1.54, 1.807) is 6.20 Å². The Bertz CT molecular complexity index is 1340. The molecule has 1 saturated carbocycles. The number of carbonyl (C=O) groups excluding carboxylic acids is 1. The van der Waals surface area contributed by atoms with E-state index in [9.17, 15) is 4.79 Å². The van der Waals surface area contributed by atoms with Crippen LogP contribution in [0.1, 0.15) is 18.4 Å². The van der Waals surface area contributed by atoms with Crippen molar-refractivity contribution in [2.24, 2.45) is 0 Å². The maximum atomic E-state index is 13.5. The second-order valence-electron chi connectivity index (χ2n) is 9.38. The number of carbonyl (C=O) groups is 1. The highest BCUT2D eigenvalue weighted by molar-refractivity contribution is 7.14. The van der Waals surface area contributed by atoms with E-state index in [4.69, 9.17) is 9.72 Å². The molecule has 1 aliphatic heterocycles. The van der Waals surface area contributed by atoms with Gasteiger partial charge in [0.05, 0.1) is 12.1 Å². The summed E-state index contributed by atoms with van der Waals surface area (Å²) in [5, 5.41) is 7.20. The van der Waals surface area contributed by atoms with Gasteiger partial charge >= 0.3 is 0 Å². The highest BCUT2D eigenvalue weighted by atomic mass is 32.1. The van der Waals surface area contributed by atoms with E-state index in [-0.39, 0.29) is 11.9 Å². The Hall–Kier alpha value is -3.27. The molecule has 4 heterocycles. The number of rotatable bonds is 9. The van der Waals surface area contributed by atoms with E-state index in [2.05, 4.69) is 20.2 Å². The van der Waals surface area contributed by atoms with Gasteiger partial charge in [-0.2, -0.15) is 0 Å². The molecule has 3 aromatic heterocycles. The first-order valence-corrected chi connectivity index (χ1v) is 13.5. The van der Waals surface area contributed by atoms with Crippen molar-refractivity contribution in [3.05, 3.63) is 59.7 Å². The Balaban J connectivity index is 1.13. The van der Waals surface area contributed by atoms with Crippen LogP contribution in [0.3, 0.4) is 0 Å². The zero-order chi connectivity index (χ0) is 24.3. The Labute approximate surface area is 214 Å². The van der Waals surface area contributed by atoms with Crippen LogP contribution in [0.5, 0.6) is 5.75 Å². The van der Waals surface area contributed by atoms with Crippen LogP contribution in [-0.4, -0.2) is 71.1 Å². The van der Waals surface area contributed by atoms with Gasteiger partial charge in [0.15, 0.2) is 5.13 Å². The van der Waals surface area contributed by atoms with Crippen LogP contribution in [0.25, 0.3) is 22.3 Å². The third-order valence-electron chi connectivity index (χ3n) is 6.75. The lowest BCUT2D eigenvalue weighted by atomic mass is 10.1. The zero-order valence-electron chi connectivity index (χ0n) is 20.2. The lowest BCUT2D eigenvalue weighted by Crippen LogP contribution is -2.44. The molecule has 4 aromatic rings. The Kier molecular flexibility index (Phi) is 6.67. The average Bonchev–Trinajstić information content (AvgIpc) is 3.45. The van der Waals surface area contributed by atoms with Crippen molar-refractivity contribution in [2.75, 3.05) is 44.2 Å². The van der Waals surface area contributed by atoms with Gasteiger partial charge in [0.1, 0.15) is 18.0 Å². The normalized spacial score (nSPS) is 16.3. The van der Waals surface area contributed by atoms with Crippen molar-refractivity contribution in [1.82, 2.24) is 25.2 Å². The van der Waals surface area contributed by atoms with Crippen LogP contribution in [0.15, 0.2) is 54.2 Å². The number of nitrogens with zero attached hydrogens (tertiary/aromatic N) is 4. The molecular weight excluding hydrogens is 472 g/mol. The van der Waals surface area contributed by atoms with Gasteiger partial charge in [0, 0.05) is 67.5 Å². The van der Waals surface area contributed by atoms with Crippen molar-refractivity contribution in [1.29, 1.82) is 0 Å². The minimum absolute atomic E-state index is 0.0805. The summed E-state index contributed by atoms with van der Waals surface area (Å²) >= 11 is 1.53. The number of nitrogens with one attached hydrogen (secondary N) is 2. The number of ether oxygens (including phenoxy) is 1. The van der Waals surface area contributed by atoms with E-state index in [1.165, 1.54) is 11.3 Å². The number of fused-ring (bicyclic) bond motifs is 1. The number of anilines is 1. The fourth-order valence-electron chi connectivity index (χ4n) is 4.70. The van der Waals surface area contributed by atoms with E-state index >= 15 is 0 Å². The molecule has 36 heavy (non-hydrogen) atoms. The molecule has 0 radical (unpaired) electrons. The first-order valence-electron chi connectivity index (χ1n) is 12.6. The minimum Gasteiger partial charge on any atom is -0.492 e. The number of aromatic amines is 1. The van der Waals surface area contributed by atoms with Crippen LogP contribution in [0.4, 0.5) is 5.13 Å². The lowest BCUT2D eigenvalue weighted by molar-refractivity contribution is -0.118. The number of hydrogen-bond acceptors (Lipinski definition) is 7. The third kappa shape index (κ3) is 5.13. The van der Waals surface area contributed by atoms with Gasteiger partial charge in [-0.3, -0.25) is 14.6 Å². The SMILES string of the molecule is O=C(Cc1cccc(OCCN2CCNCC2)c1)N(c1nc(-c2c[nH]c3ncccc23)cs1)C1CC1. The lowest BCUT2D eigenvalue weighted by Gasteiger charge is -2.26. The highest BCUT2D eigenvalue weighted by Crippen LogP contribution is 2.37. The van der Waals surface area contributed by atoms with Crippen molar-refractivity contribution >= 4 is 33.4 Å². The van der Waals surface area contributed by atoms with Gasteiger partial charge in [-0.1, -0.05) is 12.1 Å². The molecule has 1 aromatic carbocycles. The molecule has 2 aliphatic rings. The minimum atomic E-state index is 0.0805. The van der Waals surface area contributed by atoms with Gasteiger partial charge in [-0.25, -0.2) is 9.97 Å². The second-order valence-corrected chi connectivity index (χ2v) is 10.2. The van der Waals surface area contributed by atoms with Crippen molar-refractivity contribution in [3.8, 4) is 17.0 Å². The standard InChI is InChI=1S/C27H30N6O2S/c34-25(16-19-3-1-4-21(15-19)35-14-13-32-11-9-28-10-12-32)33(20-6-7-20)27-31-24(18-36-27)23-17-30-26-22(23)5-2-8-29-26/h1-5,8,15,17-18,20,28H,6-7,9-14,16H2,(H,29,30).